The summed E-state index contributed by atoms with van der Waals surface area (Å²) in [5.41, 5.74) is 5.43. The molecule has 0 radical (unpaired) electrons. The molecule has 0 amide bonds. The summed E-state index contributed by atoms with van der Waals surface area (Å²) in [5, 5.41) is 0. The van der Waals surface area contributed by atoms with Crippen LogP contribution in [0.25, 0.3) is 0 Å². The number of likely N-dealkylation sites (tertiary alicyclic amines) is 1. The van der Waals surface area contributed by atoms with Gasteiger partial charge >= 0.3 is 6.18 Å². The monoisotopic (exact) mass is 253 g/mol. The van der Waals surface area contributed by atoms with Crippen LogP contribution in [0.1, 0.15) is 19.8 Å². The molecule has 1 rings (SSSR count). The van der Waals surface area contributed by atoms with Gasteiger partial charge in [-0.3, -0.25) is 4.90 Å². The van der Waals surface area contributed by atoms with E-state index in [4.69, 9.17) is 5.73 Å². The zero-order valence-electron chi connectivity index (χ0n) is 10.5. The Morgan fingerprint density at radius 1 is 1.29 bits per heavy atom. The fourth-order valence-electron chi connectivity index (χ4n) is 2.39. The van der Waals surface area contributed by atoms with Gasteiger partial charge in [-0.2, -0.15) is 13.2 Å². The first kappa shape index (κ1) is 14.7. The van der Waals surface area contributed by atoms with Crippen LogP contribution in [-0.4, -0.2) is 61.3 Å². The van der Waals surface area contributed by atoms with Gasteiger partial charge in [0.25, 0.3) is 0 Å². The lowest BCUT2D eigenvalue weighted by atomic mass is 10.1. The summed E-state index contributed by atoms with van der Waals surface area (Å²) < 4.78 is 38.4. The van der Waals surface area contributed by atoms with Crippen molar-refractivity contribution in [2.24, 2.45) is 5.73 Å². The van der Waals surface area contributed by atoms with Gasteiger partial charge in [0.2, 0.25) is 0 Å². The molecule has 0 saturated carbocycles. The van der Waals surface area contributed by atoms with Crippen LogP contribution in [0, 0.1) is 0 Å². The second kappa shape index (κ2) is 6.02. The van der Waals surface area contributed by atoms with Crippen molar-refractivity contribution < 1.29 is 13.2 Å². The average molecular weight is 253 g/mol. The van der Waals surface area contributed by atoms with Crippen molar-refractivity contribution in [2.45, 2.75) is 38.0 Å². The second-order valence-electron chi connectivity index (χ2n) is 4.87. The molecule has 1 heterocycles. The first-order chi connectivity index (χ1) is 7.82. The SMILES string of the molecule is CC(N)C(N(C)CCN1CCCC1)C(F)(F)F. The number of nitrogens with zero attached hydrogens (tertiary/aromatic N) is 2. The van der Waals surface area contributed by atoms with Gasteiger partial charge in [0, 0.05) is 19.1 Å². The van der Waals surface area contributed by atoms with E-state index in [-0.39, 0.29) is 0 Å². The second-order valence-corrected chi connectivity index (χ2v) is 4.87. The van der Waals surface area contributed by atoms with Gasteiger partial charge in [-0.25, -0.2) is 0 Å². The summed E-state index contributed by atoms with van der Waals surface area (Å²) in [5.74, 6) is 0. The number of nitrogens with two attached hydrogens (primary N) is 1. The molecule has 102 valence electrons. The van der Waals surface area contributed by atoms with E-state index in [0.29, 0.717) is 13.1 Å². The van der Waals surface area contributed by atoms with Crippen LogP contribution >= 0.6 is 0 Å². The molecule has 1 aliphatic heterocycles. The lowest BCUT2D eigenvalue weighted by Crippen LogP contribution is -2.54. The minimum absolute atomic E-state index is 0.408. The van der Waals surface area contributed by atoms with E-state index in [1.54, 1.807) is 0 Å². The van der Waals surface area contributed by atoms with Gasteiger partial charge in [0.1, 0.15) is 6.04 Å². The minimum Gasteiger partial charge on any atom is -0.326 e. The summed E-state index contributed by atoms with van der Waals surface area (Å²) in [6, 6.07) is -2.45. The maximum absolute atomic E-state index is 12.8. The van der Waals surface area contributed by atoms with Crippen LogP contribution in [-0.2, 0) is 0 Å². The average Bonchev–Trinajstić information content (AvgIpc) is 2.63. The van der Waals surface area contributed by atoms with Gasteiger partial charge in [0.15, 0.2) is 0 Å². The summed E-state index contributed by atoms with van der Waals surface area (Å²) in [4.78, 5) is 3.52. The van der Waals surface area contributed by atoms with Crippen molar-refractivity contribution in [1.82, 2.24) is 9.80 Å². The smallest absolute Gasteiger partial charge is 0.326 e. The van der Waals surface area contributed by atoms with Crippen molar-refractivity contribution >= 4 is 0 Å². The van der Waals surface area contributed by atoms with E-state index in [1.807, 2.05) is 0 Å². The molecule has 0 aromatic carbocycles. The lowest BCUT2D eigenvalue weighted by Gasteiger charge is -2.33. The van der Waals surface area contributed by atoms with Crippen molar-refractivity contribution in [3.8, 4) is 0 Å². The fraction of sp³-hybridized carbons (Fsp3) is 1.00. The van der Waals surface area contributed by atoms with E-state index in [9.17, 15) is 13.2 Å². The summed E-state index contributed by atoms with van der Waals surface area (Å²) >= 11 is 0. The van der Waals surface area contributed by atoms with E-state index < -0.39 is 18.3 Å². The number of alkyl halides is 3. The van der Waals surface area contributed by atoms with Gasteiger partial charge in [-0.1, -0.05) is 0 Å². The van der Waals surface area contributed by atoms with Gasteiger partial charge in [0.05, 0.1) is 0 Å². The summed E-state index contributed by atoms with van der Waals surface area (Å²) in [7, 11) is 1.50. The largest absolute Gasteiger partial charge is 0.405 e. The maximum atomic E-state index is 12.8. The lowest BCUT2D eigenvalue weighted by molar-refractivity contribution is -0.184. The molecule has 2 unspecified atom stereocenters. The number of rotatable bonds is 5. The van der Waals surface area contributed by atoms with E-state index >= 15 is 0 Å². The molecular formula is C11H22F3N3. The molecule has 2 atom stereocenters. The zero-order valence-corrected chi connectivity index (χ0v) is 10.5. The van der Waals surface area contributed by atoms with Crippen molar-refractivity contribution in [3.05, 3.63) is 0 Å². The molecule has 0 aromatic rings. The minimum atomic E-state index is -4.26. The highest BCUT2D eigenvalue weighted by Crippen LogP contribution is 2.25. The zero-order chi connectivity index (χ0) is 13.1. The Morgan fingerprint density at radius 3 is 2.24 bits per heavy atom. The number of hydrogen-bond acceptors (Lipinski definition) is 3. The molecule has 0 aromatic heterocycles. The standard InChI is InChI=1S/C11H22F3N3/c1-9(15)10(11(12,13)14)16(2)7-8-17-5-3-4-6-17/h9-10H,3-8,15H2,1-2H3. The third kappa shape index (κ3) is 4.44. The predicted molar refractivity (Wildman–Crippen MR) is 61.8 cm³/mol. The molecule has 0 bridgehead atoms. The van der Waals surface area contributed by atoms with Crippen LogP contribution in [0.4, 0.5) is 13.2 Å². The third-order valence-electron chi connectivity index (χ3n) is 3.28. The highest BCUT2D eigenvalue weighted by molar-refractivity contribution is 4.84. The number of halogens is 3. The van der Waals surface area contributed by atoms with Crippen molar-refractivity contribution in [1.29, 1.82) is 0 Å². The molecule has 1 saturated heterocycles. The van der Waals surface area contributed by atoms with Crippen molar-refractivity contribution in [2.75, 3.05) is 33.2 Å². The molecule has 0 aliphatic carbocycles. The van der Waals surface area contributed by atoms with Crippen LogP contribution in [0.2, 0.25) is 0 Å². The third-order valence-corrected chi connectivity index (χ3v) is 3.28. The first-order valence-corrected chi connectivity index (χ1v) is 6.07. The van der Waals surface area contributed by atoms with E-state index in [0.717, 1.165) is 25.9 Å². The quantitative estimate of drug-likeness (QED) is 0.801. The molecule has 3 nitrogen and oxygen atoms in total. The summed E-state index contributed by atoms with van der Waals surface area (Å²) in [6.45, 7) is 4.51. The molecule has 2 N–H and O–H groups in total. The highest BCUT2D eigenvalue weighted by atomic mass is 19.4. The van der Waals surface area contributed by atoms with Gasteiger partial charge in [-0.05, 0) is 39.9 Å². The van der Waals surface area contributed by atoms with Crippen LogP contribution in [0.3, 0.4) is 0 Å². The topological polar surface area (TPSA) is 32.5 Å². The van der Waals surface area contributed by atoms with Crippen LogP contribution in [0.5, 0.6) is 0 Å². The van der Waals surface area contributed by atoms with Gasteiger partial charge in [-0.15, -0.1) is 0 Å². The molecule has 1 fully saturated rings. The van der Waals surface area contributed by atoms with Gasteiger partial charge < -0.3 is 10.6 Å². The summed E-state index contributed by atoms with van der Waals surface area (Å²) in [6.07, 6.45) is -1.95. The molecule has 0 spiro atoms. The maximum Gasteiger partial charge on any atom is 0.405 e. The Bertz CT molecular complexity index is 224. The van der Waals surface area contributed by atoms with E-state index in [1.165, 1.54) is 18.9 Å². The van der Waals surface area contributed by atoms with Crippen LogP contribution < -0.4 is 5.73 Å². The predicted octanol–water partition coefficient (Wildman–Crippen LogP) is 1.29. The molecule has 1 aliphatic rings. The Hall–Kier alpha value is -0.330. The fourth-order valence-corrected chi connectivity index (χ4v) is 2.39. The Labute approximate surface area is 101 Å². The number of hydrogen-bond donors (Lipinski definition) is 1. The highest BCUT2D eigenvalue weighted by Gasteiger charge is 2.44. The molecule has 17 heavy (non-hydrogen) atoms. The molecule has 6 heteroatoms. The van der Waals surface area contributed by atoms with Crippen LogP contribution in [0.15, 0.2) is 0 Å². The Morgan fingerprint density at radius 2 is 1.82 bits per heavy atom. The Kier molecular flexibility index (Phi) is 5.22. The normalized spacial score (nSPS) is 22.1. The molecular weight excluding hydrogens is 231 g/mol. The Balaban J connectivity index is 2.44. The van der Waals surface area contributed by atoms with E-state index in [2.05, 4.69) is 4.90 Å². The van der Waals surface area contributed by atoms with Crippen molar-refractivity contribution in [3.63, 3.8) is 0 Å². The first-order valence-electron chi connectivity index (χ1n) is 6.07. The number of likely N-dealkylation sites (N-methyl/N-ethyl adjacent to an activating group) is 1.